The van der Waals surface area contributed by atoms with Crippen LogP contribution in [-0.2, 0) is 0 Å². The summed E-state index contributed by atoms with van der Waals surface area (Å²) in [5.74, 6) is 0.209. The summed E-state index contributed by atoms with van der Waals surface area (Å²) >= 11 is 0. The van der Waals surface area contributed by atoms with E-state index in [2.05, 4.69) is 19.2 Å². The highest BCUT2D eigenvalue weighted by molar-refractivity contribution is 5.97. The molecule has 4 nitrogen and oxygen atoms in total. The number of hydrogen-bond acceptors (Lipinski definition) is 2. The molecule has 0 atom stereocenters. The Kier molecular flexibility index (Phi) is 5.98. The van der Waals surface area contributed by atoms with Gasteiger partial charge < -0.3 is 5.32 Å². The van der Waals surface area contributed by atoms with Crippen molar-refractivity contribution < 1.29 is 9.18 Å². The Labute approximate surface area is 149 Å². The number of amides is 1. The third-order valence-corrected chi connectivity index (χ3v) is 4.01. The van der Waals surface area contributed by atoms with Crippen LogP contribution in [0.5, 0.6) is 0 Å². The van der Waals surface area contributed by atoms with Crippen molar-refractivity contribution in [2.45, 2.75) is 53.4 Å². The van der Waals surface area contributed by atoms with Gasteiger partial charge in [0.15, 0.2) is 0 Å². The largest absolute Gasteiger partial charge is 0.352 e. The lowest BCUT2D eigenvalue weighted by molar-refractivity contribution is 0.0946. The Morgan fingerprint density at radius 2 is 1.68 bits per heavy atom. The van der Waals surface area contributed by atoms with Gasteiger partial charge in [0.2, 0.25) is 0 Å². The van der Waals surface area contributed by atoms with Crippen molar-refractivity contribution in [1.82, 2.24) is 15.1 Å². The van der Waals surface area contributed by atoms with Crippen LogP contribution in [0.25, 0.3) is 5.69 Å². The molecule has 0 aliphatic rings. The van der Waals surface area contributed by atoms with Crippen molar-refractivity contribution in [1.29, 1.82) is 0 Å². The summed E-state index contributed by atoms with van der Waals surface area (Å²) in [5.41, 5.74) is 3.04. The van der Waals surface area contributed by atoms with Gasteiger partial charge in [-0.2, -0.15) is 5.10 Å². The first kappa shape index (κ1) is 19.2. The first-order valence-corrected chi connectivity index (χ1v) is 8.89. The maximum Gasteiger partial charge on any atom is 0.255 e. The quantitative estimate of drug-likeness (QED) is 0.829. The second kappa shape index (κ2) is 7.81. The molecule has 1 N–H and O–H groups in total. The van der Waals surface area contributed by atoms with Gasteiger partial charge in [0.1, 0.15) is 5.82 Å². The van der Waals surface area contributed by atoms with Gasteiger partial charge in [-0.05, 0) is 42.0 Å². The van der Waals surface area contributed by atoms with E-state index in [0.717, 1.165) is 17.1 Å². The second-order valence-electron chi connectivity index (χ2n) is 7.45. The number of hydrogen-bond donors (Lipinski definition) is 1. The van der Waals surface area contributed by atoms with Gasteiger partial charge in [-0.3, -0.25) is 4.79 Å². The maximum atomic E-state index is 13.3. The third-order valence-electron chi connectivity index (χ3n) is 4.01. The summed E-state index contributed by atoms with van der Waals surface area (Å²) in [6.45, 7) is 12.9. The van der Waals surface area contributed by atoms with Crippen molar-refractivity contribution >= 4 is 5.91 Å². The second-order valence-corrected chi connectivity index (χ2v) is 7.45. The lowest BCUT2D eigenvalue weighted by Gasteiger charge is -2.14. The number of benzene rings is 1. The lowest BCUT2D eigenvalue weighted by atomic mass is 9.98. The summed E-state index contributed by atoms with van der Waals surface area (Å²) in [6, 6.07) is 6.20. The number of nitrogens with one attached hydrogen (secondary N) is 1. The molecule has 1 heterocycles. The minimum Gasteiger partial charge on any atom is -0.352 e. The number of carbonyl (C=O) groups is 1. The summed E-state index contributed by atoms with van der Waals surface area (Å²) in [4.78, 5) is 12.9. The van der Waals surface area contributed by atoms with Crippen LogP contribution in [0.3, 0.4) is 0 Å². The van der Waals surface area contributed by atoms with Gasteiger partial charge >= 0.3 is 0 Å². The zero-order chi connectivity index (χ0) is 18.7. The number of nitrogens with zero attached hydrogens (tertiary/aromatic N) is 2. The lowest BCUT2D eigenvalue weighted by Crippen LogP contribution is -2.29. The fourth-order valence-electron chi connectivity index (χ4n) is 2.78. The highest BCUT2D eigenvalue weighted by atomic mass is 19.1. The van der Waals surface area contributed by atoms with Gasteiger partial charge in [0, 0.05) is 6.54 Å². The highest BCUT2D eigenvalue weighted by Gasteiger charge is 2.27. The van der Waals surface area contributed by atoms with Crippen molar-refractivity contribution in [3.05, 3.63) is 47.0 Å². The Morgan fingerprint density at radius 3 is 2.16 bits per heavy atom. The molecule has 0 radical (unpaired) electrons. The van der Waals surface area contributed by atoms with Gasteiger partial charge in [-0.25, -0.2) is 9.07 Å². The third kappa shape index (κ3) is 4.27. The molecule has 25 heavy (non-hydrogen) atoms. The SMILES string of the molecule is CC(C)CNC(=O)c1c(C(C)C)nn(-c2ccc(F)cc2)c1C(C)C. The average Bonchev–Trinajstić information content (AvgIpc) is 2.94. The van der Waals surface area contributed by atoms with E-state index in [-0.39, 0.29) is 23.6 Å². The smallest absolute Gasteiger partial charge is 0.255 e. The molecule has 0 unspecified atom stereocenters. The van der Waals surface area contributed by atoms with Gasteiger partial charge in [0.05, 0.1) is 22.6 Å². The van der Waals surface area contributed by atoms with Crippen LogP contribution in [0.1, 0.15) is 75.1 Å². The zero-order valence-corrected chi connectivity index (χ0v) is 15.9. The molecule has 1 aromatic heterocycles. The Bertz CT molecular complexity index is 730. The standard InChI is InChI=1S/C20H28FN3O/c1-12(2)11-22-20(25)17-18(13(3)4)23-24(19(17)14(5)6)16-9-7-15(21)8-10-16/h7-10,12-14H,11H2,1-6H3,(H,22,25). The van der Waals surface area contributed by atoms with Crippen LogP contribution in [-0.4, -0.2) is 22.2 Å². The molecule has 1 amide bonds. The minimum atomic E-state index is -0.291. The summed E-state index contributed by atoms with van der Waals surface area (Å²) in [5, 5.41) is 7.72. The Balaban J connectivity index is 2.60. The first-order valence-electron chi connectivity index (χ1n) is 8.89. The van der Waals surface area contributed by atoms with Crippen LogP contribution < -0.4 is 5.32 Å². The van der Waals surface area contributed by atoms with Crippen molar-refractivity contribution in [2.75, 3.05) is 6.54 Å². The molecule has 0 saturated heterocycles. The summed E-state index contributed by atoms with van der Waals surface area (Å²) in [7, 11) is 0. The molecular weight excluding hydrogens is 317 g/mol. The Morgan fingerprint density at radius 1 is 1.08 bits per heavy atom. The predicted molar refractivity (Wildman–Crippen MR) is 98.9 cm³/mol. The highest BCUT2D eigenvalue weighted by Crippen LogP contribution is 2.30. The van der Waals surface area contributed by atoms with E-state index in [9.17, 15) is 9.18 Å². The van der Waals surface area contributed by atoms with E-state index in [0.29, 0.717) is 18.0 Å². The monoisotopic (exact) mass is 345 g/mol. The normalized spacial score (nSPS) is 11.6. The summed E-state index contributed by atoms with van der Waals surface area (Å²) < 4.78 is 15.1. The molecule has 0 aliphatic carbocycles. The predicted octanol–water partition coefficient (Wildman–Crippen LogP) is 4.64. The Hall–Kier alpha value is -2.17. The number of rotatable bonds is 6. The maximum absolute atomic E-state index is 13.3. The summed E-state index contributed by atoms with van der Waals surface area (Å²) in [6.07, 6.45) is 0. The number of halogens is 1. The van der Waals surface area contributed by atoms with Crippen molar-refractivity contribution in [3.63, 3.8) is 0 Å². The van der Waals surface area contributed by atoms with Gasteiger partial charge in [-0.1, -0.05) is 41.5 Å². The van der Waals surface area contributed by atoms with E-state index >= 15 is 0 Å². The van der Waals surface area contributed by atoms with Crippen LogP contribution in [0, 0.1) is 11.7 Å². The van der Waals surface area contributed by atoms with Crippen LogP contribution in [0.2, 0.25) is 0 Å². The fraction of sp³-hybridized carbons (Fsp3) is 0.500. The molecule has 2 rings (SSSR count). The fourth-order valence-corrected chi connectivity index (χ4v) is 2.78. The van der Waals surface area contributed by atoms with Crippen molar-refractivity contribution in [3.8, 4) is 5.69 Å². The van der Waals surface area contributed by atoms with E-state index < -0.39 is 0 Å². The molecule has 0 spiro atoms. The molecule has 0 saturated carbocycles. The van der Waals surface area contributed by atoms with E-state index in [1.807, 2.05) is 27.7 Å². The van der Waals surface area contributed by atoms with E-state index in [1.54, 1.807) is 16.8 Å². The van der Waals surface area contributed by atoms with Gasteiger partial charge in [0.25, 0.3) is 5.91 Å². The van der Waals surface area contributed by atoms with E-state index in [1.165, 1.54) is 12.1 Å². The molecule has 1 aromatic carbocycles. The number of carbonyl (C=O) groups excluding carboxylic acids is 1. The van der Waals surface area contributed by atoms with Crippen LogP contribution in [0.15, 0.2) is 24.3 Å². The van der Waals surface area contributed by atoms with Crippen molar-refractivity contribution in [2.24, 2.45) is 5.92 Å². The first-order chi connectivity index (χ1) is 11.7. The molecule has 136 valence electrons. The van der Waals surface area contributed by atoms with E-state index in [4.69, 9.17) is 5.10 Å². The molecule has 0 fully saturated rings. The topological polar surface area (TPSA) is 46.9 Å². The molecule has 2 aromatic rings. The molecular formula is C20H28FN3O. The minimum absolute atomic E-state index is 0.0885. The molecule has 0 bridgehead atoms. The van der Waals surface area contributed by atoms with Crippen LogP contribution in [0.4, 0.5) is 4.39 Å². The molecule has 5 heteroatoms. The zero-order valence-electron chi connectivity index (χ0n) is 15.9. The van der Waals surface area contributed by atoms with Gasteiger partial charge in [-0.15, -0.1) is 0 Å². The molecule has 0 aliphatic heterocycles. The average molecular weight is 345 g/mol. The number of aromatic nitrogens is 2. The van der Waals surface area contributed by atoms with Crippen LogP contribution >= 0.6 is 0 Å².